The van der Waals surface area contributed by atoms with Crippen molar-refractivity contribution in [3.05, 3.63) is 11.3 Å². The van der Waals surface area contributed by atoms with Gasteiger partial charge in [0, 0.05) is 0 Å². The molecule has 0 N–H and O–H groups in total. The molecule has 0 spiro atoms. The van der Waals surface area contributed by atoms with Gasteiger partial charge in [0.05, 0.1) is 12.4 Å². The van der Waals surface area contributed by atoms with E-state index in [9.17, 15) is 0 Å². The van der Waals surface area contributed by atoms with Gasteiger partial charge in [-0.25, -0.2) is 0 Å². The van der Waals surface area contributed by atoms with Crippen molar-refractivity contribution in [3.63, 3.8) is 0 Å². The molecule has 1 saturated carbocycles. The molecule has 1 rings (SSSR count). The maximum Gasteiger partial charge on any atom is 0.0921 e. The Morgan fingerprint density at radius 2 is 2.20 bits per heavy atom. The molecule has 1 nitrogen and oxygen atoms in total. The van der Waals surface area contributed by atoms with Crippen molar-refractivity contribution < 1.29 is 4.74 Å². The smallest absolute Gasteiger partial charge is 0.0921 e. The van der Waals surface area contributed by atoms with E-state index in [0.29, 0.717) is 0 Å². The first-order chi connectivity index (χ1) is 4.84. The highest BCUT2D eigenvalue weighted by Crippen LogP contribution is 2.31. The van der Waals surface area contributed by atoms with Gasteiger partial charge in [0.2, 0.25) is 0 Å². The lowest BCUT2D eigenvalue weighted by atomic mass is 10.3. The standard InChI is InChI=1S/C9H16O/c1-3-4-7-10-8(2)9-5-6-9/h3-7H2,1-2H3. The van der Waals surface area contributed by atoms with E-state index in [0.717, 1.165) is 6.61 Å². The zero-order valence-electron chi connectivity index (χ0n) is 6.94. The Hall–Kier alpha value is -0.460. The predicted octanol–water partition coefficient (Wildman–Crippen LogP) is 2.87. The maximum absolute atomic E-state index is 5.49. The normalized spacial score (nSPS) is 15.2. The minimum atomic E-state index is 0.909. The van der Waals surface area contributed by atoms with Crippen LogP contribution in [0, 0.1) is 0 Å². The Morgan fingerprint density at radius 1 is 1.50 bits per heavy atom. The van der Waals surface area contributed by atoms with Gasteiger partial charge in [-0.05, 0) is 31.8 Å². The summed E-state index contributed by atoms with van der Waals surface area (Å²) in [6.45, 7) is 5.17. The van der Waals surface area contributed by atoms with E-state index in [-0.39, 0.29) is 0 Å². The number of unbranched alkanes of at least 4 members (excludes halogenated alkanes) is 1. The first kappa shape index (κ1) is 7.64. The van der Waals surface area contributed by atoms with Crippen molar-refractivity contribution >= 4 is 0 Å². The fourth-order valence-corrected chi connectivity index (χ4v) is 0.886. The van der Waals surface area contributed by atoms with Gasteiger partial charge in [0.25, 0.3) is 0 Å². The Balaban J connectivity index is 2.07. The third-order valence-corrected chi connectivity index (χ3v) is 1.81. The Bertz CT molecular complexity index is 130. The molecule has 0 atom stereocenters. The molecule has 0 unspecified atom stereocenters. The average molecular weight is 140 g/mol. The summed E-state index contributed by atoms with van der Waals surface area (Å²) in [6.07, 6.45) is 4.96. The summed E-state index contributed by atoms with van der Waals surface area (Å²) < 4.78 is 5.49. The van der Waals surface area contributed by atoms with Crippen LogP contribution in [-0.2, 0) is 4.74 Å². The van der Waals surface area contributed by atoms with E-state index >= 15 is 0 Å². The van der Waals surface area contributed by atoms with Crippen molar-refractivity contribution in [2.24, 2.45) is 0 Å². The van der Waals surface area contributed by atoms with Crippen molar-refractivity contribution in [2.45, 2.75) is 39.5 Å². The summed E-state index contributed by atoms with van der Waals surface area (Å²) >= 11 is 0. The van der Waals surface area contributed by atoms with E-state index in [1.54, 1.807) is 0 Å². The van der Waals surface area contributed by atoms with Crippen molar-refractivity contribution in [2.75, 3.05) is 6.61 Å². The molecule has 10 heavy (non-hydrogen) atoms. The monoisotopic (exact) mass is 140 g/mol. The number of allylic oxidation sites excluding steroid dienone is 2. The molecule has 58 valence electrons. The first-order valence-corrected chi connectivity index (χ1v) is 4.16. The largest absolute Gasteiger partial charge is 0.498 e. The Morgan fingerprint density at radius 3 is 2.70 bits per heavy atom. The van der Waals surface area contributed by atoms with Crippen LogP contribution in [0.5, 0.6) is 0 Å². The summed E-state index contributed by atoms with van der Waals surface area (Å²) in [7, 11) is 0. The van der Waals surface area contributed by atoms with Gasteiger partial charge in [-0.15, -0.1) is 0 Å². The lowest BCUT2D eigenvalue weighted by Crippen LogP contribution is -1.90. The minimum absolute atomic E-state index is 0.909. The molecule has 0 heterocycles. The molecule has 0 aromatic rings. The fourth-order valence-electron chi connectivity index (χ4n) is 0.886. The van der Waals surface area contributed by atoms with Crippen LogP contribution in [0.2, 0.25) is 0 Å². The van der Waals surface area contributed by atoms with Gasteiger partial charge in [-0.2, -0.15) is 0 Å². The maximum atomic E-state index is 5.49. The second-order valence-electron chi connectivity index (χ2n) is 2.86. The van der Waals surface area contributed by atoms with Crippen LogP contribution in [-0.4, -0.2) is 6.61 Å². The average Bonchev–Trinajstić information content (AvgIpc) is 2.69. The lowest BCUT2D eigenvalue weighted by molar-refractivity contribution is 0.208. The van der Waals surface area contributed by atoms with E-state index in [1.807, 2.05) is 0 Å². The SMILES string of the molecule is CCCCOC(C)=C1CC1. The third kappa shape index (κ3) is 2.42. The zero-order chi connectivity index (χ0) is 7.40. The van der Waals surface area contributed by atoms with E-state index in [1.165, 1.54) is 37.0 Å². The van der Waals surface area contributed by atoms with Crippen LogP contribution in [0.15, 0.2) is 11.3 Å². The molecular weight excluding hydrogens is 124 g/mol. The van der Waals surface area contributed by atoms with Crippen LogP contribution < -0.4 is 0 Å². The van der Waals surface area contributed by atoms with E-state index in [4.69, 9.17) is 4.74 Å². The van der Waals surface area contributed by atoms with Crippen LogP contribution in [0.3, 0.4) is 0 Å². The lowest BCUT2D eigenvalue weighted by Gasteiger charge is -2.03. The minimum Gasteiger partial charge on any atom is -0.498 e. The summed E-state index contributed by atoms with van der Waals surface area (Å²) in [6, 6.07) is 0. The number of rotatable bonds is 4. The summed E-state index contributed by atoms with van der Waals surface area (Å²) in [5.74, 6) is 1.19. The number of hydrogen-bond donors (Lipinski definition) is 0. The van der Waals surface area contributed by atoms with Crippen LogP contribution >= 0.6 is 0 Å². The van der Waals surface area contributed by atoms with E-state index in [2.05, 4.69) is 13.8 Å². The summed E-state index contributed by atoms with van der Waals surface area (Å²) in [5, 5.41) is 0. The Kier molecular flexibility index (Phi) is 2.79. The summed E-state index contributed by atoms with van der Waals surface area (Å²) in [5.41, 5.74) is 1.52. The molecule has 0 bridgehead atoms. The molecule has 1 aliphatic carbocycles. The van der Waals surface area contributed by atoms with Gasteiger partial charge in [-0.1, -0.05) is 13.3 Å². The Labute approximate surface area is 63.1 Å². The molecule has 0 aromatic carbocycles. The second kappa shape index (κ2) is 3.65. The molecule has 0 aliphatic heterocycles. The molecule has 1 fully saturated rings. The van der Waals surface area contributed by atoms with E-state index < -0.39 is 0 Å². The third-order valence-electron chi connectivity index (χ3n) is 1.81. The van der Waals surface area contributed by atoms with Gasteiger partial charge >= 0.3 is 0 Å². The second-order valence-corrected chi connectivity index (χ2v) is 2.86. The highest BCUT2D eigenvalue weighted by molar-refractivity contribution is 5.19. The van der Waals surface area contributed by atoms with Crippen molar-refractivity contribution in [3.8, 4) is 0 Å². The zero-order valence-corrected chi connectivity index (χ0v) is 6.94. The van der Waals surface area contributed by atoms with Gasteiger partial charge < -0.3 is 4.74 Å². The number of ether oxygens (including phenoxy) is 1. The van der Waals surface area contributed by atoms with Gasteiger partial charge in [0.1, 0.15) is 0 Å². The molecule has 1 aliphatic rings. The molecule has 0 saturated heterocycles. The fraction of sp³-hybridized carbons (Fsp3) is 0.778. The number of hydrogen-bond acceptors (Lipinski definition) is 1. The topological polar surface area (TPSA) is 9.23 Å². The van der Waals surface area contributed by atoms with Gasteiger partial charge in [0.15, 0.2) is 0 Å². The van der Waals surface area contributed by atoms with Crippen molar-refractivity contribution in [1.29, 1.82) is 0 Å². The van der Waals surface area contributed by atoms with Crippen LogP contribution in [0.1, 0.15) is 39.5 Å². The highest BCUT2D eigenvalue weighted by atomic mass is 16.5. The predicted molar refractivity (Wildman–Crippen MR) is 42.8 cm³/mol. The first-order valence-electron chi connectivity index (χ1n) is 4.16. The molecular formula is C9H16O. The van der Waals surface area contributed by atoms with Gasteiger partial charge in [-0.3, -0.25) is 0 Å². The molecule has 0 aromatic heterocycles. The molecule has 1 heteroatoms. The summed E-state index contributed by atoms with van der Waals surface area (Å²) in [4.78, 5) is 0. The van der Waals surface area contributed by atoms with Crippen LogP contribution in [0.4, 0.5) is 0 Å². The van der Waals surface area contributed by atoms with Crippen LogP contribution in [0.25, 0.3) is 0 Å². The quantitative estimate of drug-likeness (QED) is 0.431. The molecule has 0 amide bonds. The molecule has 0 radical (unpaired) electrons. The highest BCUT2D eigenvalue weighted by Gasteiger charge is 2.15. The van der Waals surface area contributed by atoms with Crippen molar-refractivity contribution in [1.82, 2.24) is 0 Å².